The fraction of sp³-hybridized carbons (Fsp3) is 0. The van der Waals surface area contributed by atoms with E-state index in [0.717, 1.165) is 0 Å². The highest BCUT2D eigenvalue weighted by Gasteiger charge is 2.20. The van der Waals surface area contributed by atoms with E-state index in [1.54, 1.807) is 12.2 Å². The van der Waals surface area contributed by atoms with E-state index in [2.05, 4.69) is 6.58 Å². The van der Waals surface area contributed by atoms with Crippen LogP contribution in [0.3, 0.4) is 0 Å². The zero-order valence-electron chi connectivity index (χ0n) is 5.91. The normalized spacial score (nSPS) is 16.7. The Hall–Kier alpha value is -1.13. The van der Waals surface area contributed by atoms with E-state index in [0.29, 0.717) is 5.57 Å². The third kappa shape index (κ3) is 1.47. The molecule has 0 spiro atoms. The molecule has 0 bridgehead atoms. The Morgan fingerprint density at radius 1 is 1.45 bits per heavy atom. The summed E-state index contributed by atoms with van der Waals surface area (Å²) in [6.07, 6.45) is 4.67. The van der Waals surface area contributed by atoms with Crippen LogP contribution in [0, 0.1) is 5.41 Å². The van der Waals surface area contributed by atoms with Gasteiger partial charge in [-0.1, -0.05) is 18.7 Å². The number of rotatable bonds is 1. The second kappa shape index (κ2) is 2.86. The first-order valence-corrected chi connectivity index (χ1v) is 3.15. The van der Waals surface area contributed by atoms with Gasteiger partial charge in [0.15, 0.2) is 0 Å². The number of nitrogens with one attached hydrogen (secondary N) is 1. The van der Waals surface area contributed by atoms with E-state index >= 15 is 0 Å². The lowest BCUT2D eigenvalue weighted by Crippen LogP contribution is -2.20. The zero-order chi connectivity index (χ0) is 8.43. The van der Waals surface area contributed by atoms with Crippen molar-refractivity contribution in [2.24, 2.45) is 0 Å². The minimum atomic E-state index is -1.53. The molecule has 3 nitrogen and oxygen atoms in total. The van der Waals surface area contributed by atoms with Gasteiger partial charge in [0.05, 0.1) is 5.71 Å². The molecule has 0 radical (unpaired) electrons. The highest BCUT2D eigenvalue weighted by atomic mass is 16.4. The predicted molar refractivity (Wildman–Crippen MR) is 44.3 cm³/mol. The standard InChI is InChI=1S/C7H8BNO2/c1-5-6(8(10)11)3-2-4-7(5)9/h2-4,9-11H,1H2. The van der Waals surface area contributed by atoms with Crippen molar-refractivity contribution in [1.29, 1.82) is 5.41 Å². The van der Waals surface area contributed by atoms with Gasteiger partial charge in [0.2, 0.25) is 0 Å². The molecule has 56 valence electrons. The lowest BCUT2D eigenvalue weighted by molar-refractivity contribution is 0.420. The molecule has 0 saturated carbocycles. The van der Waals surface area contributed by atoms with E-state index in [-0.39, 0.29) is 11.2 Å². The first kappa shape index (κ1) is 7.98. The molecule has 0 amide bonds. The minimum absolute atomic E-state index is 0.218. The molecule has 1 aliphatic rings. The number of hydrogen-bond donors (Lipinski definition) is 3. The third-order valence-corrected chi connectivity index (χ3v) is 1.49. The zero-order valence-corrected chi connectivity index (χ0v) is 5.91. The average molecular weight is 149 g/mol. The summed E-state index contributed by atoms with van der Waals surface area (Å²) in [6.45, 7) is 3.53. The molecule has 0 aromatic rings. The maximum Gasteiger partial charge on any atom is 0.489 e. The first-order valence-electron chi connectivity index (χ1n) is 3.15. The summed E-state index contributed by atoms with van der Waals surface area (Å²) in [4.78, 5) is 0. The van der Waals surface area contributed by atoms with Crippen LogP contribution in [0.25, 0.3) is 0 Å². The van der Waals surface area contributed by atoms with Gasteiger partial charge in [0.25, 0.3) is 0 Å². The monoisotopic (exact) mass is 149 g/mol. The van der Waals surface area contributed by atoms with Crippen molar-refractivity contribution in [2.45, 2.75) is 0 Å². The van der Waals surface area contributed by atoms with Crippen molar-refractivity contribution in [3.05, 3.63) is 35.9 Å². The van der Waals surface area contributed by atoms with Crippen LogP contribution in [-0.2, 0) is 0 Å². The summed E-state index contributed by atoms with van der Waals surface area (Å²) in [5.41, 5.74) is 0.871. The van der Waals surface area contributed by atoms with Crippen LogP contribution in [0.1, 0.15) is 0 Å². The maximum absolute atomic E-state index is 8.76. The van der Waals surface area contributed by atoms with Crippen LogP contribution in [-0.4, -0.2) is 22.9 Å². The molecular weight excluding hydrogens is 141 g/mol. The summed E-state index contributed by atoms with van der Waals surface area (Å²) in [5.74, 6) is 0. The fourth-order valence-corrected chi connectivity index (χ4v) is 0.847. The van der Waals surface area contributed by atoms with Crippen LogP contribution >= 0.6 is 0 Å². The van der Waals surface area contributed by atoms with Gasteiger partial charge in [-0.2, -0.15) is 0 Å². The van der Waals surface area contributed by atoms with Crippen LogP contribution < -0.4 is 0 Å². The van der Waals surface area contributed by atoms with Gasteiger partial charge in [-0.15, -0.1) is 0 Å². The van der Waals surface area contributed by atoms with Gasteiger partial charge < -0.3 is 15.5 Å². The summed E-state index contributed by atoms with van der Waals surface area (Å²) in [6, 6.07) is 0. The molecular formula is C7H8BNO2. The lowest BCUT2D eigenvalue weighted by atomic mass is 9.72. The number of allylic oxidation sites excluding steroid dienone is 5. The van der Waals surface area contributed by atoms with Gasteiger partial charge in [-0.25, -0.2) is 0 Å². The second-order valence-corrected chi connectivity index (χ2v) is 2.25. The Balaban J connectivity index is 2.96. The Kier molecular flexibility index (Phi) is 2.07. The second-order valence-electron chi connectivity index (χ2n) is 2.25. The van der Waals surface area contributed by atoms with Gasteiger partial charge in [-0.05, 0) is 17.1 Å². The highest BCUT2D eigenvalue weighted by molar-refractivity contribution is 6.54. The lowest BCUT2D eigenvalue weighted by Gasteiger charge is -2.11. The Morgan fingerprint density at radius 3 is 2.55 bits per heavy atom. The summed E-state index contributed by atoms with van der Waals surface area (Å²) < 4.78 is 0. The highest BCUT2D eigenvalue weighted by Crippen LogP contribution is 2.15. The summed E-state index contributed by atoms with van der Waals surface area (Å²) >= 11 is 0. The Morgan fingerprint density at radius 2 is 2.09 bits per heavy atom. The largest absolute Gasteiger partial charge is 0.489 e. The van der Waals surface area contributed by atoms with E-state index in [1.165, 1.54) is 6.08 Å². The Labute approximate surface area is 65.0 Å². The summed E-state index contributed by atoms with van der Waals surface area (Å²) in [7, 11) is -1.53. The molecule has 0 heterocycles. The molecule has 0 aromatic heterocycles. The van der Waals surface area contributed by atoms with Crippen LogP contribution in [0.15, 0.2) is 35.9 Å². The molecule has 4 heteroatoms. The molecule has 0 aromatic carbocycles. The molecule has 1 rings (SSSR count). The quantitative estimate of drug-likeness (QED) is 0.462. The van der Waals surface area contributed by atoms with Gasteiger partial charge in [0.1, 0.15) is 0 Å². The molecule has 0 unspecified atom stereocenters. The van der Waals surface area contributed by atoms with Gasteiger partial charge in [-0.3, -0.25) is 0 Å². The third-order valence-electron chi connectivity index (χ3n) is 1.49. The van der Waals surface area contributed by atoms with Crippen molar-refractivity contribution < 1.29 is 10.0 Å². The van der Waals surface area contributed by atoms with Crippen molar-refractivity contribution >= 4 is 12.8 Å². The SMILES string of the molecule is C=C1C(=N)C=CC=C1B(O)O. The van der Waals surface area contributed by atoms with Crippen LogP contribution in [0.2, 0.25) is 0 Å². The molecule has 0 aliphatic heterocycles. The molecule has 1 aliphatic carbocycles. The molecule has 3 N–H and O–H groups in total. The minimum Gasteiger partial charge on any atom is -0.423 e. The number of hydrogen-bond acceptors (Lipinski definition) is 3. The molecule has 0 saturated heterocycles. The van der Waals surface area contributed by atoms with Crippen LogP contribution in [0.4, 0.5) is 0 Å². The van der Waals surface area contributed by atoms with Gasteiger partial charge in [0, 0.05) is 0 Å². The van der Waals surface area contributed by atoms with Crippen molar-refractivity contribution in [2.75, 3.05) is 0 Å². The predicted octanol–water partition coefficient (Wildman–Crippen LogP) is 0.0706. The fourth-order valence-electron chi connectivity index (χ4n) is 0.847. The van der Waals surface area contributed by atoms with Crippen molar-refractivity contribution in [3.63, 3.8) is 0 Å². The smallest absolute Gasteiger partial charge is 0.423 e. The average Bonchev–Trinajstić information content (AvgIpc) is 1.94. The molecule has 0 fully saturated rings. The van der Waals surface area contributed by atoms with E-state index in [4.69, 9.17) is 15.5 Å². The topological polar surface area (TPSA) is 64.3 Å². The van der Waals surface area contributed by atoms with Crippen LogP contribution in [0.5, 0.6) is 0 Å². The van der Waals surface area contributed by atoms with Crippen molar-refractivity contribution in [3.8, 4) is 0 Å². The maximum atomic E-state index is 8.76. The van der Waals surface area contributed by atoms with Crippen molar-refractivity contribution in [1.82, 2.24) is 0 Å². The Bertz CT molecular complexity index is 266. The van der Waals surface area contributed by atoms with E-state index in [9.17, 15) is 0 Å². The van der Waals surface area contributed by atoms with E-state index in [1.807, 2.05) is 0 Å². The molecule has 11 heavy (non-hydrogen) atoms. The molecule has 0 atom stereocenters. The summed E-state index contributed by atoms with van der Waals surface area (Å²) in [5, 5.41) is 24.8. The van der Waals surface area contributed by atoms with E-state index < -0.39 is 7.12 Å². The van der Waals surface area contributed by atoms with Gasteiger partial charge >= 0.3 is 7.12 Å². The first-order chi connectivity index (χ1) is 5.13.